The molecule has 6 heteroatoms. The Kier molecular flexibility index (Phi) is 10.1. The molecule has 0 radical (unpaired) electrons. The highest BCUT2D eigenvalue weighted by molar-refractivity contribution is 6.07. The number of hydrogen-bond donors (Lipinski definition) is 1. The Morgan fingerprint density at radius 2 is 1.93 bits per heavy atom. The molecule has 164 valence electrons. The topological polar surface area (TPSA) is 75.7 Å². The summed E-state index contributed by atoms with van der Waals surface area (Å²) >= 11 is 0. The number of rotatable bonds is 11. The lowest BCUT2D eigenvalue weighted by Crippen LogP contribution is -2.39. The third-order valence-corrected chi connectivity index (χ3v) is 4.80. The first kappa shape index (κ1) is 24.9. The summed E-state index contributed by atoms with van der Waals surface area (Å²) in [4.78, 5) is 37.9. The Labute approximate surface area is 175 Å². The molecule has 0 spiro atoms. The quantitative estimate of drug-likeness (QED) is 0.320. The molecule has 0 saturated carbocycles. The van der Waals surface area contributed by atoms with Crippen LogP contribution in [-0.2, 0) is 19.1 Å². The van der Waals surface area contributed by atoms with Gasteiger partial charge in [0.2, 0.25) is 5.91 Å². The Hall–Kier alpha value is -2.11. The summed E-state index contributed by atoms with van der Waals surface area (Å²) in [7, 11) is 1.49. The second-order valence-electron chi connectivity index (χ2n) is 9.28. The lowest BCUT2D eigenvalue weighted by molar-refractivity contribution is -0.139. The monoisotopic (exact) mass is 406 g/mol. The van der Waals surface area contributed by atoms with Crippen LogP contribution in [0.2, 0.25) is 0 Å². The minimum absolute atomic E-state index is 0.0107. The number of ether oxygens (including phenoxy) is 1. The van der Waals surface area contributed by atoms with E-state index in [-0.39, 0.29) is 23.8 Å². The normalized spacial score (nSPS) is 17.2. The van der Waals surface area contributed by atoms with Crippen molar-refractivity contribution in [1.82, 2.24) is 10.2 Å². The van der Waals surface area contributed by atoms with E-state index in [9.17, 15) is 14.4 Å². The maximum absolute atomic E-state index is 12.6. The summed E-state index contributed by atoms with van der Waals surface area (Å²) in [5.41, 5.74) is 0.293. The number of methoxy groups -OCH3 is 1. The van der Waals surface area contributed by atoms with E-state index < -0.39 is 0 Å². The van der Waals surface area contributed by atoms with Crippen molar-refractivity contribution in [1.29, 1.82) is 0 Å². The molecule has 0 aromatic rings. The van der Waals surface area contributed by atoms with Crippen molar-refractivity contribution in [2.45, 2.75) is 79.2 Å². The lowest BCUT2D eigenvalue weighted by Gasteiger charge is -2.23. The van der Waals surface area contributed by atoms with Gasteiger partial charge in [-0.15, -0.1) is 0 Å². The van der Waals surface area contributed by atoms with Crippen LogP contribution in [0.25, 0.3) is 0 Å². The van der Waals surface area contributed by atoms with E-state index in [2.05, 4.69) is 39.9 Å². The average Bonchev–Trinajstić information content (AvgIpc) is 2.96. The van der Waals surface area contributed by atoms with Gasteiger partial charge in [-0.25, -0.2) is 0 Å². The van der Waals surface area contributed by atoms with Gasteiger partial charge in [0, 0.05) is 31.5 Å². The van der Waals surface area contributed by atoms with Gasteiger partial charge in [-0.3, -0.25) is 19.3 Å². The first-order chi connectivity index (χ1) is 13.5. The first-order valence-electron chi connectivity index (χ1n) is 10.6. The van der Waals surface area contributed by atoms with Crippen LogP contribution in [0.1, 0.15) is 73.1 Å². The molecular weight excluding hydrogens is 368 g/mol. The zero-order valence-corrected chi connectivity index (χ0v) is 18.9. The second-order valence-corrected chi connectivity index (χ2v) is 9.28. The fourth-order valence-electron chi connectivity index (χ4n) is 3.26. The van der Waals surface area contributed by atoms with Crippen LogP contribution in [0.3, 0.4) is 0 Å². The van der Waals surface area contributed by atoms with Gasteiger partial charge < -0.3 is 10.1 Å². The number of carbonyl (C=O) groups is 3. The molecule has 1 aliphatic heterocycles. The fourth-order valence-corrected chi connectivity index (χ4v) is 3.26. The molecule has 1 heterocycles. The summed E-state index contributed by atoms with van der Waals surface area (Å²) in [6.45, 7) is 11.1. The second kappa shape index (κ2) is 11.8. The summed E-state index contributed by atoms with van der Waals surface area (Å²) in [6.07, 6.45) is 9.22. The minimum atomic E-state index is -0.379. The highest BCUT2D eigenvalue weighted by Crippen LogP contribution is 2.22. The van der Waals surface area contributed by atoms with Gasteiger partial charge in [0.15, 0.2) is 0 Å². The van der Waals surface area contributed by atoms with Crippen LogP contribution in [0.5, 0.6) is 0 Å². The van der Waals surface area contributed by atoms with Crippen LogP contribution in [0, 0.1) is 11.3 Å². The van der Waals surface area contributed by atoms with Gasteiger partial charge in [-0.05, 0) is 30.6 Å². The maximum Gasteiger partial charge on any atom is 0.257 e. The van der Waals surface area contributed by atoms with Crippen LogP contribution >= 0.6 is 0 Å². The van der Waals surface area contributed by atoms with Crippen LogP contribution in [0.4, 0.5) is 0 Å². The van der Waals surface area contributed by atoms with Gasteiger partial charge >= 0.3 is 0 Å². The van der Waals surface area contributed by atoms with Gasteiger partial charge in [0.1, 0.15) is 5.76 Å². The molecule has 0 saturated heterocycles. The maximum atomic E-state index is 12.6. The molecule has 0 aliphatic carbocycles. The molecule has 1 N–H and O–H groups in total. The Morgan fingerprint density at radius 3 is 2.52 bits per heavy atom. The minimum Gasteiger partial charge on any atom is -0.501 e. The molecule has 0 bridgehead atoms. The van der Waals surface area contributed by atoms with Crippen LogP contribution in [0.15, 0.2) is 24.0 Å². The van der Waals surface area contributed by atoms with E-state index in [4.69, 9.17) is 4.74 Å². The Balaban J connectivity index is 2.45. The van der Waals surface area contributed by atoms with Crippen molar-refractivity contribution in [2.75, 3.05) is 13.7 Å². The zero-order chi connectivity index (χ0) is 22.0. The number of hydrogen-bond acceptors (Lipinski definition) is 4. The van der Waals surface area contributed by atoms with E-state index in [0.29, 0.717) is 36.5 Å². The van der Waals surface area contributed by atoms with Crippen LogP contribution < -0.4 is 5.32 Å². The number of imide groups is 1. The van der Waals surface area contributed by atoms with Crippen molar-refractivity contribution >= 4 is 17.7 Å². The van der Waals surface area contributed by atoms with Crippen molar-refractivity contribution in [2.24, 2.45) is 11.3 Å². The average molecular weight is 407 g/mol. The first-order valence-corrected chi connectivity index (χ1v) is 10.6. The van der Waals surface area contributed by atoms with Gasteiger partial charge in [0.25, 0.3) is 11.8 Å². The molecule has 0 fully saturated rings. The Morgan fingerprint density at radius 1 is 1.24 bits per heavy atom. The largest absolute Gasteiger partial charge is 0.501 e. The Bertz CT molecular complexity index is 629. The number of nitrogens with one attached hydrogen (secondary N) is 1. The molecule has 1 aliphatic rings. The van der Waals surface area contributed by atoms with Gasteiger partial charge in [-0.1, -0.05) is 47.1 Å². The molecule has 0 aromatic heterocycles. The van der Waals surface area contributed by atoms with Crippen molar-refractivity contribution in [3.8, 4) is 0 Å². The van der Waals surface area contributed by atoms with Crippen molar-refractivity contribution in [3.63, 3.8) is 0 Å². The van der Waals surface area contributed by atoms with E-state index in [1.165, 1.54) is 24.2 Å². The summed E-state index contributed by atoms with van der Waals surface area (Å²) in [5.74, 6) is 0.157. The number of amides is 3. The highest BCUT2D eigenvalue weighted by atomic mass is 16.5. The number of nitrogens with zero attached hydrogens (tertiary/aromatic N) is 1. The summed E-state index contributed by atoms with van der Waals surface area (Å²) in [6, 6.07) is -0.211. The molecule has 1 rings (SSSR count). The zero-order valence-electron chi connectivity index (χ0n) is 18.9. The van der Waals surface area contributed by atoms with Gasteiger partial charge in [0.05, 0.1) is 13.2 Å². The smallest absolute Gasteiger partial charge is 0.257 e. The predicted molar refractivity (Wildman–Crippen MR) is 115 cm³/mol. The number of unbranched alkanes of at least 4 members (excludes halogenated alkanes) is 1. The number of carbonyl (C=O) groups excluding carboxylic acids is 3. The molecular formula is C23H38N2O4. The summed E-state index contributed by atoms with van der Waals surface area (Å²) < 4.78 is 5.28. The molecule has 0 aromatic carbocycles. The van der Waals surface area contributed by atoms with Crippen molar-refractivity contribution in [3.05, 3.63) is 24.0 Å². The molecule has 0 unspecified atom stereocenters. The lowest BCUT2D eigenvalue weighted by atomic mass is 9.89. The van der Waals surface area contributed by atoms with Crippen LogP contribution in [-0.4, -0.2) is 42.3 Å². The standard InChI is InChI=1S/C23H38N2O4/c1-17(2)15-18-10-11-21(27)25(18)22(28)16-19(29-6)12-14-24-20(26)9-7-8-13-23(3,4)5/h10-11,16-18H,7-9,12-15H2,1-6H3,(H,24,26)/b19-16+/t18-/m1/s1. The molecule has 1 atom stereocenters. The van der Waals surface area contributed by atoms with E-state index >= 15 is 0 Å². The molecule has 3 amide bonds. The molecule has 29 heavy (non-hydrogen) atoms. The van der Waals surface area contributed by atoms with Gasteiger partial charge in [-0.2, -0.15) is 0 Å². The highest BCUT2D eigenvalue weighted by Gasteiger charge is 2.31. The van der Waals surface area contributed by atoms with E-state index in [1.54, 1.807) is 6.08 Å². The fraction of sp³-hybridized carbons (Fsp3) is 0.696. The van der Waals surface area contributed by atoms with Crippen molar-refractivity contribution < 1.29 is 19.1 Å². The predicted octanol–water partition coefficient (Wildman–Crippen LogP) is 3.97. The third kappa shape index (κ3) is 9.77. The molecule has 6 nitrogen and oxygen atoms in total. The third-order valence-electron chi connectivity index (χ3n) is 4.80. The van der Waals surface area contributed by atoms with E-state index in [1.807, 2.05) is 0 Å². The SMILES string of the molecule is CO/C(=C/C(=O)N1C(=O)C=C[C@@H]1CC(C)C)CCNC(=O)CCCCC(C)(C)C. The summed E-state index contributed by atoms with van der Waals surface area (Å²) in [5, 5.41) is 2.87. The van der Waals surface area contributed by atoms with E-state index in [0.717, 1.165) is 25.7 Å².